The summed E-state index contributed by atoms with van der Waals surface area (Å²) in [5.41, 5.74) is 2.06. The van der Waals surface area contributed by atoms with Gasteiger partial charge in [0.05, 0.1) is 22.9 Å². The topological polar surface area (TPSA) is 55.2 Å². The van der Waals surface area contributed by atoms with Crippen LogP contribution in [0.15, 0.2) is 64.4 Å². The lowest BCUT2D eigenvalue weighted by Gasteiger charge is -2.23. The van der Waals surface area contributed by atoms with E-state index in [4.69, 9.17) is 0 Å². The van der Waals surface area contributed by atoms with Crippen molar-refractivity contribution in [2.24, 2.45) is 0 Å². The van der Waals surface area contributed by atoms with Crippen LogP contribution in [0.1, 0.15) is 13.3 Å². The van der Waals surface area contributed by atoms with Crippen LogP contribution in [-0.2, 0) is 11.3 Å². The minimum atomic E-state index is -0.261. The Bertz CT molecular complexity index is 1030. The first-order valence-electron chi connectivity index (χ1n) is 8.64. The lowest BCUT2D eigenvalue weighted by Crippen LogP contribution is -2.37. The van der Waals surface area contributed by atoms with Crippen molar-refractivity contribution in [1.29, 1.82) is 0 Å². The van der Waals surface area contributed by atoms with Crippen LogP contribution in [0.25, 0.3) is 11.0 Å². The molecule has 1 aliphatic heterocycles. The average Bonchev–Trinajstić information content (AvgIpc) is 2.82. The van der Waals surface area contributed by atoms with E-state index in [1.165, 1.54) is 10.8 Å². The van der Waals surface area contributed by atoms with Crippen molar-refractivity contribution in [1.82, 2.24) is 9.55 Å². The van der Waals surface area contributed by atoms with E-state index in [0.29, 0.717) is 22.8 Å². The number of amides is 1. The molecule has 1 aliphatic rings. The van der Waals surface area contributed by atoms with E-state index >= 15 is 0 Å². The number of aromatic nitrogens is 2. The molecule has 1 amide bonds. The van der Waals surface area contributed by atoms with Gasteiger partial charge in [-0.15, -0.1) is 11.8 Å². The minimum absolute atomic E-state index is 0.00918. The zero-order valence-corrected chi connectivity index (χ0v) is 15.3. The smallest absolute Gasteiger partial charge is 0.269 e. The van der Waals surface area contributed by atoms with Crippen molar-refractivity contribution in [3.8, 4) is 0 Å². The highest BCUT2D eigenvalue weighted by atomic mass is 32.2. The van der Waals surface area contributed by atoms with Gasteiger partial charge < -0.3 is 4.90 Å². The molecular weight excluding hydrogens is 346 g/mol. The van der Waals surface area contributed by atoms with Gasteiger partial charge in [0.15, 0.2) is 0 Å². The third-order valence-corrected chi connectivity index (χ3v) is 5.83. The SMILES string of the molecule is C[C@H]1CCN(C(=O)Cn2c(=O)cnc3ccccc32)c2ccccc2S1. The Labute approximate surface area is 155 Å². The standard InChI is InChI=1S/C20H19N3O2S/c1-14-10-11-22(17-8-4-5-9-18(17)26-14)20(25)13-23-16-7-3-2-6-15(16)21-12-19(23)24/h2-9,12,14H,10-11,13H2,1H3/t14-/m0/s1. The van der Waals surface area contributed by atoms with Crippen molar-refractivity contribution >= 4 is 34.4 Å². The maximum atomic E-state index is 13.1. The number of benzene rings is 2. The number of rotatable bonds is 2. The molecule has 5 nitrogen and oxygen atoms in total. The van der Waals surface area contributed by atoms with E-state index < -0.39 is 0 Å². The maximum Gasteiger partial charge on any atom is 0.269 e. The molecule has 2 heterocycles. The molecule has 1 atom stereocenters. The predicted molar refractivity (Wildman–Crippen MR) is 105 cm³/mol. The molecule has 6 heteroatoms. The van der Waals surface area contributed by atoms with E-state index in [1.807, 2.05) is 47.4 Å². The van der Waals surface area contributed by atoms with E-state index in [9.17, 15) is 9.59 Å². The number of hydrogen-bond acceptors (Lipinski definition) is 4. The molecule has 0 N–H and O–H groups in total. The van der Waals surface area contributed by atoms with Gasteiger partial charge in [-0.1, -0.05) is 31.2 Å². The van der Waals surface area contributed by atoms with E-state index in [1.54, 1.807) is 11.8 Å². The third-order valence-electron chi connectivity index (χ3n) is 4.59. The summed E-state index contributed by atoms with van der Waals surface area (Å²) in [5.74, 6) is -0.0781. The molecule has 0 aliphatic carbocycles. The molecule has 26 heavy (non-hydrogen) atoms. The molecule has 132 valence electrons. The molecule has 0 radical (unpaired) electrons. The fourth-order valence-electron chi connectivity index (χ4n) is 3.24. The minimum Gasteiger partial charge on any atom is -0.310 e. The molecule has 0 saturated heterocycles. The molecular formula is C20H19N3O2S. The zero-order valence-electron chi connectivity index (χ0n) is 14.5. The van der Waals surface area contributed by atoms with Gasteiger partial charge in [-0.05, 0) is 30.7 Å². The number of nitrogens with zero attached hydrogens (tertiary/aromatic N) is 3. The molecule has 1 aromatic heterocycles. The Morgan fingerprint density at radius 3 is 2.85 bits per heavy atom. The molecule has 0 fully saturated rings. The van der Waals surface area contributed by atoms with Crippen molar-refractivity contribution < 1.29 is 4.79 Å². The summed E-state index contributed by atoms with van der Waals surface area (Å²) in [5, 5.41) is 0.443. The second-order valence-electron chi connectivity index (χ2n) is 6.40. The van der Waals surface area contributed by atoms with Crippen LogP contribution in [0.3, 0.4) is 0 Å². The van der Waals surface area contributed by atoms with Gasteiger partial charge in [-0.25, -0.2) is 4.98 Å². The Hall–Kier alpha value is -2.60. The summed E-state index contributed by atoms with van der Waals surface area (Å²) in [6.45, 7) is 2.84. The number of anilines is 1. The van der Waals surface area contributed by atoms with Gasteiger partial charge in [-0.2, -0.15) is 0 Å². The summed E-state index contributed by atoms with van der Waals surface area (Å²) in [6.07, 6.45) is 2.20. The molecule has 2 aromatic carbocycles. The van der Waals surface area contributed by atoms with E-state index in [-0.39, 0.29) is 18.0 Å². The summed E-state index contributed by atoms with van der Waals surface area (Å²) in [4.78, 5) is 32.5. The van der Waals surface area contributed by atoms with Gasteiger partial charge in [0.2, 0.25) is 5.91 Å². The number of carbonyl (C=O) groups is 1. The predicted octanol–water partition coefficient (Wildman–Crippen LogP) is 3.31. The summed E-state index contributed by atoms with van der Waals surface area (Å²) < 4.78 is 1.51. The van der Waals surface area contributed by atoms with Crippen LogP contribution in [0.2, 0.25) is 0 Å². The van der Waals surface area contributed by atoms with Crippen molar-refractivity contribution in [2.45, 2.75) is 30.0 Å². The molecule has 0 bridgehead atoms. The molecule has 0 saturated carbocycles. The van der Waals surface area contributed by atoms with E-state index in [0.717, 1.165) is 17.0 Å². The fraction of sp³-hybridized carbons (Fsp3) is 0.250. The molecule has 3 aromatic rings. The van der Waals surface area contributed by atoms with Gasteiger partial charge in [0, 0.05) is 16.7 Å². The molecule has 0 spiro atoms. The first kappa shape index (κ1) is 16.8. The normalized spacial score (nSPS) is 17.0. The first-order chi connectivity index (χ1) is 12.6. The van der Waals surface area contributed by atoms with Crippen molar-refractivity contribution in [3.63, 3.8) is 0 Å². The highest BCUT2D eigenvalue weighted by Crippen LogP contribution is 2.37. The number of fused-ring (bicyclic) bond motifs is 2. The number of thioether (sulfide) groups is 1. The third kappa shape index (κ3) is 3.12. The second kappa shape index (κ2) is 6.96. The summed E-state index contributed by atoms with van der Waals surface area (Å²) in [7, 11) is 0. The van der Waals surface area contributed by atoms with Crippen LogP contribution in [0.4, 0.5) is 5.69 Å². The van der Waals surface area contributed by atoms with Crippen molar-refractivity contribution in [3.05, 3.63) is 65.1 Å². The molecule has 4 rings (SSSR count). The lowest BCUT2D eigenvalue weighted by atomic mass is 10.2. The lowest BCUT2D eigenvalue weighted by molar-refractivity contribution is -0.119. The Morgan fingerprint density at radius 2 is 1.96 bits per heavy atom. The van der Waals surface area contributed by atoms with Crippen LogP contribution in [0, 0.1) is 0 Å². The van der Waals surface area contributed by atoms with Crippen LogP contribution in [-0.4, -0.2) is 27.3 Å². The number of hydrogen-bond donors (Lipinski definition) is 0. The highest BCUT2D eigenvalue weighted by molar-refractivity contribution is 8.00. The quantitative estimate of drug-likeness (QED) is 0.699. The van der Waals surface area contributed by atoms with Crippen molar-refractivity contribution in [2.75, 3.05) is 11.4 Å². The van der Waals surface area contributed by atoms with Crippen LogP contribution in [0.5, 0.6) is 0 Å². The Morgan fingerprint density at radius 1 is 1.19 bits per heavy atom. The average molecular weight is 365 g/mol. The van der Waals surface area contributed by atoms with Crippen LogP contribution >= 0.6 is 11.8 Å². The maximum absolute atomic E-state index is 13.1. The number of carbonyl (C=O) groups excluding carboxylic acids is 1. The second-order valence-corrected chi connectivity index (χ2v) is 7.88. The van der Waals surface area contributed by atoms with Gasteiger partial charge in [-0.3, -0.25) is 14.2 Å². The first-order valence-corrected chi connectivity index (χ1v) is 9.52. The van der Waals surface area contributed by atoms with E-state index in [2.05, 4.69) is 18.0 Å². The zero-order chi connectivity index (χ0) is 18.1. The fourth-order valence-corrected chi connectivity index (χ4v) is 4.36. The Balaban J connectivity index is 1.72. The highest BCUT2D eigenvalue weighted by Gasteiger charge is 2.24. The largest absolute Gasteiger partial charge is 0.310 e. The van der Waals surface area contributed by atoms with Gasteiger partial charge in [0.1, 0.15) is 6.54 Å². The summed E-state index contributed by atoms with van der Waals surface area (Å²) in [6, 6.07) is 15.4. The monoisotopic (exact) mass is 365 g/mol. The summed E-state index contributed by atoms with van der Waals surface area (Å²) >= 11 is 1.79. The number of para-hydroxylation sites is 3. The van der Waals surface area contributed by atoms with Crippen LogP contribution < -0.4 is 10.5 Å². The van der Waals surface area contributed by atoms with Gasteiger partial charge >= 0.3 is 0 Å². The molecule has 0 unspecified atom stereocenters. The van der Waals surface area contributed by atoms with Gasteiger partial charge in [0.25, 0.3) is 5.56 Å². The Kier molecular flexibility index (Phi) is 4.51.